The number of rotatable bonds is 4. The van der Waals surface area contributed by atoms with Gasteiger partial charge in [-0.1, -0.05) is 23.7 Å². The fourth-order valence-electron chi connectivity index (χ4n) is 0.722. The molecule has 56 valence electrons. The minimum atomic E-state index is 0.582. The Labute approximate surface area is 61.4 Å². The van der Waals surface area contributed by atoms with Crippen LogP contribution in [0.4, 0.5) is 0 Å². The highest BCUT2D eigenvalue weighted by molar-refractivity contribution is 4.97. The maximum atomic E-state index is 7.95. The highest BCUT2D eigenvalue weighted by atomic mass is 15.1. The summed E-state index contributed by atoms with van der Waals surface area (Å²) in [6, 6.07) is 0. The summed E-state index contributed by atoms with van der Waals surface area (Å²) < 4.78 is 0. The van der Waals surface area contributed by atoms with Gasteiger partial charge in [-0.25, -0.2) is 0 Å². The van der Waals surface area contributed by atoms with E-state index >= 15 is 0 Å². The third-order valence-electron chi connectivity index (χ3n) is 1.22. The van der Waals surface area contributed by atoms with Crippen molar-refractivity contribution in [1.82, 2.24) is 0 Å². The van der Waals surface area contributed by atoms with Crippen molar-refractivity contribution in [3.63, 3.8) is 0 Å². The molecule has 0 aliphatic carbocycles. The van der Waals surface area contributed by atoms with E-state index in [1.165, 1.54) is 5.57 Å². The van der Waals surface area contributed by atoms with E-state index in [-0.39, 0.29) is 0 Å². The van der Waals surface area contributed by atoms with Crippen LogP contribution in [0, 0.1) is 0 Å². The van der Waals surface area contributed by atoms with Crippen molar-refractivity contribution in [3.05, 3.63) is 22.1 Å². The average molecular weight is 139 g/mol. The molecule has 0 unspecified atom stereocenters. The molecule has 0 aliphatic heterocycles. The normalized spacial score (nSPS) is 10.8. The standard InChI is InChI=1S/C7H13N3/c1-3-4-7(2)5-6-9-10-8/h4H,3,5-6H2,1-2H3/b7-4-. The van der Waals surface area contributed by atoms with E-state index in [2.05, 4.69) is 29.9 Å². The van der Waals surface area contributed by atoms with Crippen LogP contribution >= 0.6 is 0 Å². The van der Waals surface area contributed by atoms with Gasteiger partial charge in [-0.15, -0.1) is 0 Å². The molecule has 0 spiro atoms. The van der Waals surface area contributed by atoms with Crippen molar-refractivity contribution in [3.8, 4) is 0 Å². The lowest BCUT2D eigenvalue weighted by molar-refractivity contribution is 0.928. The molecule has 0 aliphatic rings. The number of azide groups is 1. The average Bonchev–Trinajstić information content (AvgIpc) is 1.89. The van der Waals surface area contributed by atoms with E-state index in [0.717, 1.165) is 12.8 Å². The summed E-state index contributed by atoms with van der Waals surface area (Å²) in [5.74, 6) is 0. The van der Waals surface area contributed by atoms with Crippen LogP contribution in [0.25, 0.3) is 10.4 Å². The fraction of sp³-hybridized carbons (Fsp3) is 0.714. The molecule has 0 atom stereocenters. The van der Waals surface area contributed by atoms with Crippen molar-refractivity contribution in [2.24, 2.45) is 5.11 Å². The van der Waals surface area contributed by atoms with Crippen LogP contribution in [0.1, 0.15) is 26.7 Å². The second-order valence-corrected chi connectivity index (χ2v) is 2.16. The van der Waals surface area contributed by atoms with Gasteiger partial charge in [0.15, 0.2) is 0 Å². The van der Waals surface area contributed by atoms with E-state index in [4.69, 9.17) is 5.53 Å². The lowest BCUT2D eigenvalue weighted by atomic mass is 10.2. The molecule has 0 aromatic heterocycles. The highest BCUT2D eigenvalue weighted by Gasteiger charge is 1.85. The number of allylic oxidation sites excluding steroid dienone is 1. The molecule has 0 bridgehead atoms. The van der Waals surface area contributed by atoms with Crippen molar-refractivity contribution < 1.29 is 0 Å². The highest BCUT2D eigenvalue weighted by Crippen LogP contribution is 2.00. The van der Waals surface area contributed by atoms with Gasteiger partial charge in [0.05, 0.1) is 0 Å². The molecule has 0 amide bonds. The van der Waals surface area contributed by atoms with Crippen molar-refractivity contribution >= 4 is 0 Å². The lowest BCUT2D eigenvalue weighted by Crippen LogP contribution is -1.80. The van der Waals surface area contributed by atoms with Crippen LogP contribution in [0.15, 0.2) is 16.8 Å². The van der Waals surface area contributed by atoms with Gasteiger partial charge in [-0.2, -0.15) is 0 Å². The number of hydrogen-bond donors (Lipinski definition) is 0. The summed E-state index contributed by atoms with van der Waals surface area (Å²) in [6.45, 7) is 4.73. The monoisotopic (exact) mass is 139 g/mol. The molecule has 0 heterocycles. The smallest absolute Gasteiger partial charge is 0.0295 e. The van der Waals surface area contributed by atoms with Gasteiger partial charge in [-0.05, 0) is 25.3 Å². The van der Waals surface area contributed by atoms with Crippen LogP contribution in [-0.4, -0.2) is 6.54 Å². The first-order valence-corrected chi connectivity index (χ1v) is 3.47. The molecule has 0 fully saturated rings. The Morgan fingerprint density at radius 2 is 2.40 bits per heavy atom. The Morgan fingerprint density at radius 1 is 1.70 bits per heavy atom. The molecule has 0 saturated carbocycles. The second kappa shape index (κ2) is 6.17. The predicted octanol–water partition coefficient (Wildman–Crippen LogP) is 3.04. The maximum Gasteiger partial charge on any atom is 0.0295 e. The van der Waals surface area contributed by atoms with E-state index in [1.54, 1.807) is 0 Å². The van der Waals surface area contributed by atoms with Gasteiger partial charge in [0.2, 0.25) is 0 Å². The van der Waals surface area contributed by atoms with E-state index in [1.807, 2.05) is 0 Å². The third kappa shape index (κ3) is 5.19. The van der Waals surface area contributed by atoms with Gasteiger partial charge < -0.3 is 0 Å². The van der Waals surface area contributed by atoms with Crippen molar-refractivity contribution in [1.29, 1.82) is 0 Å². The van der Waals surface area contributed by atoms with Crippen LogP contribution in [-0.2, 0) is 0 Å². The Hall–Kier alpha value is -0.950. The summed E-state index contributed by atoms with van der Waals surface area (Å²) in [5, 5.41) is 3.43. The first-order valence-electron chi connectivity index (χ1n) is 3.47. The quantitative estimate of drug-likeness (QED) is 0.249. The minimum Gasteiger partial charge on any atom is -0.0937 e. The molecule has 0 radical (unpaired) electrons. The zero-order valence-corrected chi connectivity index (χ0v) is 6.54. The Bertz CT molecular complexity index is 154. The number of hydrogen-bond acceptors (Lipinski definition) is 1. The van der Waals surface area contributed by atoms with E-state index < -0.39 is 0 Å². The Balaban J connectivity index is 3.48. The molecule has 10 heavy (non-hydrogen) atoms. The van der Waals surface area contributed by atoms with E-state index in [0.29, 0.717) is 6.54 Å². The molecule has 3 heteroatoms. The Kier molecular flexibility index (Phi) is 5.59. The molecular formula is C7H13N3. The van der Waals surface area contributed by atoms with Crippen molar-refractivity contribution in [2.45, 2.75) is 26.7 Å². The van der Waals surface area contributed by atoms with Gasteiger partial charge in [-0.3, -0.25) is 0 Å². The van der Waals surface area contributed by atoms with Crippen molar-refractivity contribution in [2.75, 3.05) is 6.54 Å². The predicted molar refractivity (Wildman–Crippen MR) is 42.7 cm³/mol. The summed E-state index contributed by atoms with van der Waals surface area (Å²) in [7, 11) is 0. The number of nitrogens with zero attached hydrogens (tertiary/aromatic N) is 3. The van der Waals surface area contributed by atoms with Crippen LogP contribution in [0.2, 0.25) is 0 Å². The largest absolute Gasteiger partial charge is 0.0937 e. The first-order chi connectivity index (χ1) is 4.81. The lowest BCUT2D eigenvalue weighted by Gasteiger charge is -1.93. The molecule has 0 rings (SSSR count). The molecule has 0 saturated heterocycles. The van der Waals surface area contributed by atoms with Gasteiger partial charge >= 0.3 is 0 Å². The third-order valence-corrected chi connectivity index (χ3v) is 1.22. The fourth-order valence-corrected chi connectivity index (χ4v) is 0.722. The molecule has 3 nitrogen and oxygen atoms in total. The second-order valence-electron chi connectivity index (χ2n) is 2.16. The molecule has 0 aromatic carbocycles. The van der Waals surface area contributed by atoms with Crippen LogP contribution in [0.5, 0.6) is 0 Å². The minimum absolute atomic E-state index is 0.582. The molecule has 0 aromatic rings. The van der Waals surface area contributed by atoms with Crippen LogP contribution in [0.3, 0.4) is 0 Å². The molecule has 0 N–H and O–H groups in total. The summed E-state index contributed by atoms with van der Waals surface area (Å²) >= 11 is 0. The zero-order valence-electron chi connectivity index (χ0n) is 6.54. The zero-order chi connectivity index (χ0) is 7.82. The summed E-state index contributed by atoms with van der Waals surface area (Å²) in [6.07, 6.45) is 4.09. The van der Waals surface area contributed by atoms with Gasteiger partial charge in [0, 0.05) is 11.5 Å². The first kappa shape index (κ1) is 9.05. The summed E-state index contributed by atoms with van der Waals surface area (Å²) in [4.78, 5) is 2.67. The molecular weight excluding hydrogens is 126 g/mol. The maximum absolute atomic E-state index is 7.95. The SMILES string of the molecule is CC/C=C(/C)CCN=[N+]=[N-]. The van der Waals surface area contributed by atoms with Crippen LogP contribution < -0.4 is 0 Å². The summed E-state index contributed by atoms with van der Waals surface area (Å²) in [5.41, 5.74) is 9.25. The van der Waals surface area contributed by atoms with Gasteiger partial charge in [0.1, 0.15) is 0 Å². The Morgan fingerprint density at radius 3 is 2.90 bits per heavy atom. The van der Waals surface area contributed by atoms with Gasteiger partial charge in [0.25, 0.3) is 0 Å². The topological polar surface area (TPSA) is 48.8 Å². The van der Waals surface area contributed by atoms with E-state index in [9.17, 15) is 0 Å².